The molecule has 2 saturated heterocycles. The average Bonchev–Trinajstić information content (AvgIpc) is 2.82. The molecule has 0 radical (unpaired) electrons. The van der Waals surface area contributed by atoms with Gasteiger partial charge >= 0.3 is 8.60 Å². The van der Waals surface area contributed by atoms with E-state index in [0.717, 1.165) is 12.8 Å². The maximum Gasteiger partial charge on any atom is 0.333 e. The summed E-state index contributed by atoms with van der Waals surface area (Å²) in [6.07, 6.45) is 18.7. The smallest absolute Gasteiger partial charge is 0.333 e. The van der Waals surface area contributed by atoms with Crippen molar-refractivity contribution >= 4 is 17.0 Å². The van der Waals surface area contributed by atoms with Crippen LogP contribution in [-0.2, 0) is 27.4 Å². The van der Waals surface area contributed by atoms with Gasteiger partial charge in [-0.25, -0.2) is 0 Å². The number of rotatable bonds is 18. The predicted octanol–water partition coefficient (Wildman–Crippen LogP) is 8.63. The van der Waals surface area contributed by atoms with Crippen molar-refractivity contribution in [3.05, 3.63) is 0 Å². The predicted molar refractivity (Wildman–Crippen MR) is 137 cm³/mol. The number of ether oxygens (including phenoxy) is 1. The van der Waals surface area contributed by atoms with E-state index in [1.54, 1.807) is 0 Å². The Hall–Kier alpha value is 0.620. The lowest BCUT2D eigenvalue weighted by molar-refractivity contribution is -0.147. The molecule has 3 atom stereocenters. The van der Waals surface area contributed by atoms with Crippen LogP contribution in [0.5, 0.6) is 0 Å². The van der Waals surface area contributed by atoms with E-state index in [9.17, 15) is 0 Å². The van der Waals surface area contributed by atoms with Crippen molar-refractivity contribution in [1.82, 2.24) is 0 Å². The Bertz CT molecular complexity index is 422. The second kappa shape index (κ2) is 18.0. The third-order valence-corrected chi connectivity index (χ3v) is 8.87. The van der Waals surface area contributed by atoms with E-state index < -0.39 is 22.6 Å². The summed E-state index contributed by atoms with van der Waals surface area (Å²) in [7, 11) is -2.28. The molecule has 0 aromatic rings. The van der Waals surface area contributed by atoms with Crippen molar-refractivity contribution in [2.24, 2.45) is 0 Å². The van der Waals surface area contributed by atoms with Crippen LogP contribution in [0.2, 0.25) is 0 Å². The molecular formula is C25H50O6P2. The van der Waals surface area contributed by atoms with Crippen LogP contribution in [0.4, 0.5) is 0 Å². The lowest BCUT2D eigenvalue weighted by Gasteiger charge is -2.42. The summed E-state index contributed by atoms with van der Waals surface area (Å²) in [5.41, 5.74) is -0.518. The van der Waals surface area contributed by atoms with E-state index in [4.69, 9.17) is 27.4 Å². The summed E-state index contributed by atoms with van der Waals surface area (Å²) in [4.78, 5) is 0. The van der Waals surface area contributed by atoms with Crippen molar-refractivity contribution in [3.8, 4) is 0 Å². The molecule has 2 aliphatic heterocycles. The van der Waals surface area contributed by atoms with Gasteiger partial charge in [0, 0.05) is 0 Å². The van der Waals surface area contributed by atoms with Crippen LogP contribution in [0.15, 0.2) is 0 Å². The van der Waals surface area contributed by atoms with Crippen LogP contribution in [0.3, 0.4) is 0 Å². The molecule has 8 heteroatoms. The zero-order valence-corrected chi connectivity index (χ0v) is 23.5. The van der Waals surface area contributed by atoms with Gasteiger partial charge in [-0.3, -0.25) is 0 Å². The first-order valence-corrected chi connectivity index (χ1v) is 16.0. The van der Waals surface area contributed by atoms with Gasteiger partial charge < -0.3 is 27.4 Å². The van der Waals surface area contributed by atoms with E-state index in [0.29, 0.717) is 26.2 Å². The molecule has 6 nitrogen and oxygen atoms in total. The molecule has 3 unspecified atom stereocenters. The minimum absolute atomic E-state index is 0.161. The van der Waals surface area contributed by atoms with Crippen LogP contribution in [-0.4, -0.2) is 44.0 Å². The Morgan fingerprint density at radius 3 is 1.67 bits per heavy atom. The average molecular weight is 509 g/mol. The van der Waals surface area contributed by atoms with Gasteiger partial charge in [-0.2, -0.15) is 0 Å². The van der Waals surface area contributed by atoms with Crippen LogP contribution in [0, 0.1) is 0 Å². The Balaban J connectivity index is 1.52. The van der Waals surface area contributed by atoms with Gasteiger partial charge in [-0.15, -0.1) is 0 Å². The largest absolute Gasteiger partial charge is 0.358 e. The highest BCUT2D eigenvalue weighted by atomic mass is 31.2. The molecule has 196 valence electrons. The highest BCUT2D eigenvalue weighted by molar-refractivity contribution is 7.47. The summed E-state index contributed by atoms with van der Waals surface area (Å²) >= 11 is 0. The Morgan fingerprint density at radius 2 is 1.15 bits per heavy atom. The molecule has 1 spiro atoms. The number of hydrogen-bond donors (Lipinski definition) is 0. The van der Waals surface area contributed by atoms with E-state index >= 15 is 0 Å². The SMILES string of the molecule is CCCCCCCCC(C)OP1COC2(CO1)COP(OC(C)CCCCCCCC)OC2. The molecule has 0 bridgehead atoms. The minimum atomic E-state index is -1.29. The summed E-state index contributed by atoms with van der Waals surface area (Å²) < 4.78 is 36.1. The molecule has 2 fully saturated rings. The fourth-order valence-corrected chi connectivity index (χ4v) is 6.78. The molecule has 0 aromatic carbocycles. The highest BCUT2D eigenvalue weighted by Crippen LogP contribution is 2.51. The molecule has 0 amide bonds. The van der Waals surface area contributed by atoms with Crippen LogP contribution >= 0.6 is 17.0 Å². The fraction of sp³-hybridized carbons (Fsp3) is 1.00. The van der Waals surface area contributed by atoms with Gasteiger partial charge in [0.15, 0.2) is 8.38 Å². The van der Waals surface area contributed by atoms with Gasteiger partial charge in [-0.05, 0) is 26.7 Å². The second-order valence-electron chi connectivity index (χ2n) is 9.78. The maximum atomic E-state index is 6.14. The van der Waals surface area contributed by atoms with Crippen molar-refractivity contribution < 1.29 is 27.4 Å². The highest BCUT2D eigenvalue weighted by Gasteiger charge is 2.44. The topological polar surface area (TPSA) is 55.4 Å². The molecule has 2 rings (SSSR count). The van der Waals surface area contributed by atoms with Gasteiger partial charge in [0.1, 0.15) is 11.9 Å². The lowest BCUT2D eigenvalue weighted by Crippen LogP contribution is -2.50. The van der Waals surface area contributed by atoms with E-state index in [-0.39, 0.29) is 12.2 Å². The summed E-state index contributed by atoms with van der Waals surface area (Å²) in [5, 5.41) is 0. The third-order valence-electron chi connectivity index (χ3n) is 6.31. The van der Waals surface area contributed by atoms with Gasteiger partial charge in [0.25, 0.3) is 0 Å². The summed E-state index contributed by atoms with van der Waals surface area (Å²) in [6.45, 7) is 10.1. The molecule has 0 saturated carbocycles. The molecular weight excluding hydrogens is 458 g/mol. The zero-order chi connectivity index (χ0) is 23.8. The Kier molecular flexibility index (Phi) is 16.2. The maximum absolute atomic E-state index is 6.14. The van der Waals surface area contributed by atoms with E-state index in [1.807, 2.05) is 0 Å². The molecule has 0 aliphatic carbocycles. The molecule has 0 N–H and O–H groups in total. The number of unbranched alkanes of at least 4 members (excludes halogenated alkanes) is 10. The van der Waals surface area contributed by atoms with Crippen molar-refractivity contribution in [1.29, 1.82) is 0 Å². The Labute approximate surface area is 206 Å². The van der Waals surface area contributed by atoms with Gasteiger partial charge in [0.05, 0.1) is 32.0 Å². The first kappa shape index (κ1) is 29.8. The van der Waals surface area contributed by atoms with Gasteiger partial charge in [0.2, 0.25) is 0 Å². The third kappa shape index (κ3) is 12.9. The molecule has 0 aromatic heterocycles. The van der Waals surface area contributed by atoms with Crippen molar-refractivity contribution in [2.75, 3.05) is 26.2 Å². The van der Waals surface area contributed by atoms with E-state index in [2.05, 4.69) is 27.7 Å². The first-order valence-electron chi connectivity index (χ1n) is 13.5. The Morgan fingerprint density at radius 1 is 0.667 bits per heavy atom. The van der Waals surface area contributed by atoms with Crippen molar-refractivity contribution in [2.45, 2.75) is 135 Å². The number of hydrogen-bond acceptors (Lipinski definition) is 6. The zero-order valence-electron chi connectivity index (χ0n) is 21.7. The summed E-state index contributed by atoms with van der Waals surface area (Å²) in [6, 6.07) is 0. The van der Waals surface area contributed by atoms with Crippen LogP contribution < -0.4 is 0 Å². The monoisotopic (exact) mass is 508 g/mol. The lowest BCUT2D eigenvalue weighted by atomic mass is 10.1. The first-order chi connectivity index (χ1) is 16.1. The minimum Gasteiger partial charge on any atom is -0.358 e. The standard InChI is InChI=1S/C25H50O6P2/c1-5-7-9-11-13-15-17-23(3)30-32-22-26-25(19-27-32)20-28-33(29-21-25)31-24(4)18-16-14-12-10-8-6-2/h23-24H,5-22H2,1-4H3. The molecule has 2 heterocycles. The normalized spacial score (nSPS) is 27.6. The van der Waals surface area contributed by atoms with Crippen LogP contribution in [0.25, 0.3) is 0 Å². The van der Waals surface area contributed by atoms with Crippen LogP contribution in [0.1, 0.15) is 118 Å². The fourth-order valence-electron chi connectivity index (χ4n) is 4.04. The van der Waals surface area contributed by atoms with E-state index in [1.165, 1.54) is 77.0 Å². The molecule has 33 heavy (non-hydrogen) atoms. The molecule has 2 aliphatic rings. The van der Waals surface area contributed by atoms with Gasteiger partial charge in [-0.1, -0.05) is 90.9 Å². The second-order valence-corrected chi connectivity index (χ2v) is 12.3. The summed E-state index contributed by atoms with van der Waals surface area (Å²) in [5.74, 6) is 0. The quantitative estimate of drug-likeness (QED) is 0.136. The van der Waals surface area contributed by atoms with Crippen molar-refractivity contribution in [3.63, 3.8) is 0 Å².